The zero-order valence-corrected chi connectivity index (χ0v) is 15.3. The van der Waals surface area contributed by atoms with Crippen LogP contribution >= 0.6 is 0 Å². The molecule has 1 aromatic carbocycles. The minimum absolute atomic E-state index is 0.0478. The van der Waals surface area contributed by atoms with Crippen LogP contribution in [0.3, 0.4) is 0 Å². The number of carbonyl (C=O) groups excluding carboxylic acids is 1. The molecule has 3 rings (SSSR count). The zero-order valence-electron chi connectivity index (χ0n) is 15.3. The van der Waals surface area contributed by atoms with E-state index in [0.717, 1.165) is 6.42 Å². The average Bonchev–Trinajstić information content (AvgIpc) is 2.94. The first-order valence-corrected chi connectivity index (χ1v) is 8.87. The van der Waals surface area contributed by atoms with Crippen LogP contribution in [-0.2, 0) is 4.79 Å². The first-order chi connectivity index (χ1) is 12.9. The van der Waals surface area contributed by atoms with Crippen molar-refractivity contribution in [2.24, 2.45) is 22.5 Å². The molecule has 2 aliphatic rings. The molecule has 1 saturated heterocycles. The van der Waals surface area contributed by atoms with Gasteiger partial charge in [-0.05, 0) is 24.1 Å². The van der Waals surface area contributed by atoms with E-state index in [2.05, 4.69) is 17.5 Å². The first-order valence-electron chi connectivity index (χ1n) is 8.87. The number of carbonyl (C=O) groups is 1. The second kappa shape index (κ2) is 6.27. The molecule has 7 heteroatoms. The van der Waals surface area contributed by atoms with Crippen LogP contribution in [0.25, 0.3) is 0 Å². The van der Waals surface area contributed by atoms with Crippen molar-refractivity contribution < 1.29 is 9.53 Å². The molecule has 2 fully saturated rings. The van der Waals surface area contributed by atoms with Crippen LogP contribution in [0, 0.1) is 50.7 Å². The standard InChI is InChI=1S/C20H21N5O2/c1-3-4-15-16(13-5-7-14(27-2)8-6-13)19(11-22,12-23)18(10-21)9-20(15,24)25-17(18)26/h5-8,15-16H,3-4,9,24H2,1-2H3,(H,25,26)/t15-,16-,18-,20-/m1/s1. The van der Waals surface area contributed by atoms with Crippen LogP contribution in [0.1, 0.15) is 37.7 Å². The molecule has 7 nitrogen and oxygen atoms in total. The molecule has 4 atom stereocenters. The summed E-state index contributed by atoms with van der Waals surface area (Å²) in [6, 6.07) is 13.2. The minimum atomic E-state index is -1.83. The van der Waals surface area contributed by atoms with E-state index < -0.39 is 28.3 Å². The molecule has 138 valence electrons. The number of methoxy groups -OCH3 is 1. The van der Waals surface area contributed by atoms with Gasteiger partial charge in [-0.3, -0.25) is 4.79 Å². The van der Waals surface area contributed by atoms with Crippen LogP contribution in [0.15, 0.2) is 24.3 Å². The fraction of sp³-hybridized carbons (Fsp3) is 0.500. The second-order valence-corrected chi connectivity index (χ2v) is 7.37. The third kappa shape index (κ3) is 2.24. The molecule has 1 aliphatic heterocycles. The van der Waals surface area contributed by atoms with Gasteiger partial charge in [0.1, 0.15) is 5.75 Å². The third-order valence-electron chi connectivity index (χ3n) is 6.11. The molecule has 27 heavy (non-hydrogen) atoms. The van der Waals surface area contributed by atoms with Crippen molar-refractivity contribution in [2.75, 3.05) is 7.11 Å². The van der Waals surface area contributed by atoms with Crippen LogP contribution in [0.4, 0.5) is 0 Å². The first kappa shape index (κ1) is 18.7. The number of fused-ring (bicyclic) bond motifs is 2. The Kier molecular flexibility index (Phi) is 4.34. The normalized spacial score (nSPS) is 33.3. The maximum atomic E-state index is 12.8. The molecular weight excluding hydrogens is 342 g/mol. The van der Waals surface area contributed by atoms with Crippen LogP contribution in [0.2, 0.25) is 0 Å². The lowest BCUT2D eigenvalue weighted by Crippen LogP contribution is -2.62. The van der Waals surface area contributed by atoms with E-state index in [1.807, 2.05) is 13.0 Å². The van der Waals surface area contributed by atoms with Crippen molar-refractivity contribution in [2.45, 2.75) is 37.8 Å². The summed E-state index contributed by atoms with van der Waals surface area (Å²) < 4.78 is 5.19. The maximum Gasteiger partial charge on any atom is 0.244 e. The van der Waals surface area contributed by atoms with Gasteiger partial charge < -0.3 is 15.8 Å². The van der Waals surface area contributed by atoms with E-state index in [1.165, 1.54) is 0 Å². The molecule has 3 N–H and O–H groups in total. The molecule has 0 unspecified atom stereocenters. The quantitative estimate of drug-likeness (QED) is 0.839. The highest BCUT2D eigenvalue weighted by molar-refractivity contribution is 5.92. The lowest BCUT2D eigenvalue weighted by atomic mass is 9.47. The van der Waals surface area contributed by atoms with Gasteiger partial charge in [-0.15, -0.1) is 0 Å². The van der Waals surface area contributed by atoms with Gasteiger partial charge >= 0.3 is 0 Å². The van der Waals surface area contributed by atoms with Gasteiger partial charge in [0, 0.05) is 18.3 Å². The maximum absolute atomic E-state index is 12.8. The lowest BCUT2D eigenvalue weighted by Gasteiger charge is -2.50. The van der Waals surface area contributed by atoms with E-state index in [4.69, 9.17) is 10.5 Å². The number of nitrogens with zero attached hydrogens (tertiary/aromatic N) is 3. The lowest BCUT2D eigenvalue weighted by molar-refractivity contribution is -0.128. The largest absolute Gasteiger partial charge is 0.497 e. The Bertz CT molecular complexity index is 877. The Morgan fingerprint density at radius 2 is 1.85 bits per heavy atom. The number of rotatable bonds is 4. The Morgan fingerprint density at radius 3 is 2.33 bits per heavy atom. The SMILES string of the molecule is CCC[C@@H]1[C@@H](c2ccc(OC)cc2)C(C#N)(C#N)[C@@]2(C#N)C[C@@]1(N)NC2=O. The highest BCUT2D eigenvalue weighted by Crippen LogP contribution is 2.64. The number of nitrogens with one attached hydrogen (secondary N) is 1. The fourth-order valence-electron chi connectivity index (χ4n) is 4.85. The molecule has 1 heterocycles. The highest BCUT2D eigenvalue weighted by Gasteiger charge is 2.76. The molecular formula is C20H21N5O2. The van der Waals surface area contributed by atoms with Gasteiger partial charge in [-0.1, -0.05) is 25.5 Å². The van der Waals surface area contributed by atoms with E-state index >= 15 is 0 Å². The molecule has 2 bridgehead atoms. The number of hydrogen-bond acceptors (Lipinski definition) is 6. The molecule has 1 aliphatic carbocycles. The number of benzene rings is 1. The molecule has 0 radical (unpaired) electrons. The van der Waals surface area contributed by atoms with E-state index in [1.54, 1.807) is 31.4 Å². The summed E-state index contributed by atoms with van der Waals surface area (Å²) in [4.78, 5) is 12.8. The van der Waals surface area contributed by atoms with Crippen molar-refractivity contribution in [3.63, 3.8) is 0 Å². The van der Waals surface area contributed by atoms with Crippen molar-refractivity contribution in [1.29, 1.82) is 15.8 Å². The van der Waals surface area contributed by atoms with Gasteiger partial charge in [-0.25, -0.2) is 0 Å². The van der Waals surface area contributed by atoms with Gasteiger partial charge in [0.25, 0.3) is 0 Å². The van der Waals surface area contributed by atoms with Crippen molar-refractivity contribution in [3.05, 3.63) is 29.8 Å². The molecule has 1 saturated carbocycles. The fourth-order valence-corrected chi connectivity index (χ4v) is 4.85. The Morgan fingerprint density at radius 1 is 1.22 bits per heavy atom. The molecule has 1 amide bonds. The molecule has 1 aromatic rings. The van der Waals surface area contributed by atoms with Gasteiger partial charge in [0.15, 0.2) is 10.8 Å². The Balaban J connectivity index is 2.31. The van der Waals surface area contributed by atoms with Gasteiger partial charge in [0.2, 0.25) is 5.91 Å². The van der Waals surface area contributed by atoms with E-state index in [0.29, 0.717) is 17.7 Å². The predicted octanol–water partition coefficient (Wildman–Crippen LogP) is 1.93. The summed E-state index contributed by atoms with van der Waals surface area (Å²) >= 11 is 0. The van der Waals surface area contributed by atoms with Crippen molar-refractivity contribution in [3.8, 4) is 24.0 Å². The monoisotopic (exact) mass is 363 g/mol. The van der Waals surface area contributed by atoms with E-state index in [9.17, 15) is 20.6 Å². The molecule has 0 aromatic heterocycles. The summed E-state index contributed by atoms with van der Waals surface area (Å²) in [7, 11) is 1.55. The third-order valence-corrected chi connectivity index (χ3v) is 6.11. The number of nitrogens with two attached hydrogens (primary N) is 1. The van der Waals surface area contributed by atoms with Crippen LogP contribution in [-0.4, -0.2) is 18.7 Å². The number of amides is 1. The predicted molar refractivity (Wildman–Crippen MR) is 95.5 cm³/mol. The summed E-state index contributed by atoms with van der Waals surface area (Å²) in [5.74, 6) is -1.04. The van der Waals surface area contributed by atoms with Crippen LogP contribution in [0.5, 0.6) is 5.75 Å². The second-order valence-electron chi connectivity index (χ2n) is 7.37. The highest BCUT2D eigenvalue weighted by atomic mass is 16.5. The summed E-state index contributed by atoms with van der Waals surface area (Å²) in [6.45, 7) is 1.98. The Hall–Kier alpha value is -3.08. The minimum Gasteiger partial charge on any atom is -0.497 e. The molecule has 0 spiro atoms. The zero-order chi connectivity index (χ0) is 19.9. The number of nitriles is 3. The van der Waals surface area contributed by atoms with Crippen LogP contribution < -0.4 is 15.8 Å². The topological polar surface area (TPSA) is 136 Å². The van der Waals surface area contributed by atoms with Crippen molar-refractivity contribution in [1.82, 2.24) is 5.32 Å². The summed E-state index contributed by atoms with van der Waals surface area (Å²) in [5.41, 5.74) is 2.49. The summed E-state index contributed by atoms with van der Waals surface area (Å²) in [6.07, 6.45) is 1.33. The number of hydrogen-bond donors (Lipinski definition) is 2. The van der Waals surface area contributed by atoms with Crippen molar-refractivity contribution >= 4 is 5.91 Å². The smallest absolute Gasteiger partial charge is 0.244 e. The summed E-state index contributed by atoms with van der Waals surface area (Å²) in [5, 5.41) is 32.9. The Labute approximate surface area is 158 Å². The van der Waals surface area contributed by atoms with E-state index in [-0.39, 0.29) is 12.3 Å². The van der Waals surface area contributed by atoms with Gasteiger partial charge in [-0.2, -0.15) is 15.8 Å². The number of ether oxygens (including phenoxy) is 1. The average molecular weight is 363 g/mol. The van der Waals surface area contributed by atoms with Gasteiger partial charge in [0.05, 0.1) is 31.0 Å².